The van der Waals surface area contributed by atoms with Crippen molar-refractivity contribution in [3.8, 4) is 5.69 Å². The summed E-state index contributed by atoms with van der Waals surface area (Å²) in [6, 6.07) is 37.8. The highest BCUT2D eigenvalue weighted by Crippen LogP contribution is 2.46. The fourth-order valence-corrected chi connectivity index (χ4v) is 9.01. The van der Waals surface area contributed by atoms with Crippen molar-refractivity contribution in [3.05, 3.63) is 161 Å². The summed E-state index contributed by atoms with van der Waals surface area (Å²) in [6.07, 6.45) is 18.0. The summed E-state index contributed by atoms with van der Waals surface area (Å²) in [6.45, 7) is 4.39. The molecule has 0 unspecified atom stereocenters. The molecule has 2 nitrogen and oxygen atoms in total. The highest BCUT2D eigenvalue weighted by Gasteiger charge is 2.25. The number of nitrogens with zero attached hydrogens (tertiary/aromatic N) is 1. The monoisotopic (exact) mass is 642 g/mol. The number of hydrogen-bond donors (Lipinski definition) is 1. The van der Waals surface area contributed by atoms with Crippen LogP contribution < -0.4 is 0 Å². The predicted octanol–water partition coefficient (Wildman–Crippen LogP) is 13.0. The van der Waals surface area contributed by atoms with E-state index in [2.05, 4.69) is 127 Å². The molecule has 0 bridgehead atoms. The molecule has 0 fully saturated rings. The van der Waals surface area contributed by atoms with Crippen LogP contribution in [0, 0.1) is 0 Å². The summed E-state index contributed by atoms with van der Waals surface area (Å²) in [5, 5.41) is 10.8. The average molecular weight is 643 g/mol. The molecule has 0 aliphatic heterocycles. The van der Waals surface area contributed by atoms with Crippen molar-refractivity contribution in [2.24, 2.45) is 0 Å². The Hall–Kier alpha value is -5.86. The van der Waals surface area contributed by atoms with E-state index >= 15 is 0 Å². The Morgan fingerprint density at radius 1 is 0.660 bits per heavy atom. The second-order valence-electron chi connectivity index (χ2n) is 13.9. The number of aromatic amines is 1. The first-order valence-electron chi connectivity index (χ1n) is 18.0. The molecule has 3 aliphatic carbocycles. The van der Waals surface area contributed by atoms with Crippen molar-refractivity contribution in [1.29, 1.82) is 0 Å². The first-order chi connectivity index (χ1) is 24.7. The molecule has 2 heterocycles. The molecule has 11 rings (SSSR count). The summed E-state index contributed by atoms with van der Waals surface area (Å²) in [7, 11) is 0. The van der Waals surface area contributed by atoms with Crippen molar-refractivity contribution in [2.45, 2.75) is 39.5 Å². The number of allylic oxidation sites excluding steroid dienone is 6. The van der Waals surface area contributed by atoms with E-state index in [0.717, 1.165) is 25.7 Å². The smallest absolute Gasteiger partial charge is 0.0616 e. The van der Waals surface area contributed by atoms with Gasteiger partial charge in [-0.3, -0.25) is 0 Å². The van der Waals surface area contributed by atoms with Crippen LogP contribution >= 0.6 is 0 Å². The van der Waals surface area contributed by atoms with E-state index in [1.807, 2.05) is 36.4 Å². The van der Waals surface area contributed by atoms with Crippen LogP contribution in [-0.4, -0.2) is 9.55 Å². The Kier molecular flexibility index (Phi) is 6.61. The minimum absolute atomic E-state index is 1.04. The highest BCUT2D eigenvalue weighted by atomic mass is 15.0. The van der Waals surface area contributed by atoms with E-state index in [4.69, 9.17) is 0 Å². The van der Waals surface area contributed by atoms with Crippen molar-refractivity contribution in [1.82, 2.24) is 9.55 Å². The van der Waals surface area contributed by atoms with Crippen LogP contribution in [0.1, 0.15) is 60.3 Å². The zero-order valence-corrected chi connectivity index (χ0v) is 28.6. The molecule has 8 aromatic rings. The zero-order chi connectivity index (χ0) is 33.3. The Morgan fingerprint density at radius 2 is 1.38 bits per heavy atom. The summed E-state index contributed by atoms with van der Waals surface area (Å²) in [5.41, 5.74) is 14.8. The minimum Gasteiger partial charge on any atom is -0.355 e. The molecule has 0 amide bonds. The Balaban J connectivity index is 0.000000481. The van der Waals surface area contributed by atoms with Gasteiger partial charge in [0, 0.05) is 44.3 Å². The molecule has 0 atom stereocenters. The number of fused-ring (bicyclic) bond motifs is 11. The van der Waals surface area contributed by atoms with Gasteiger partial charge in [-0.05, 0) is 119 Å². The third-order valence-corrected chi connectivity index (χ3v) is 11.2. The number of aromatic nitrogens is 2. The Bertz CT molecular complexity index is 2790. The average Bonchev–Trinajstić information content (AvgIpc) is 3.81. The number of aryl methyl sites for hydroxylation is 1. The summed E-state index contributed by atoms with van der Waals surface area (Å²) < 4.78 is 2.60. The molecule has 0 saturated carbocycles. The normalized spacial score (nSPS) is 14.8. The highest BCUT2D eigenvalue weighted by molar-refractivity contribution is 6.23. The van der Waals surface area contributed by atoms with Gasteiger partial charge in [0.05, 0.1) is 5.52 Å². The minimum atomic E-state index is 1.04. The van der Waals surface area contributed by atoms with Gasteiger partial charge in [-0.1, -0.05) is 115 Å². The van der Waals surface area contributed by atoms with Crippen LogP contribution in [0.2, 0.25) is 0 Å². The molecule has 2 aromatic heterocycles. The Morgan fingerprint density at radius 3 is 2.22 bits per heavy atom. The van der Waals surface area contributed by atoms with Gasteiger partial charge in [0.2, 0.25) is 0 Å². The van der Waals surface area contributed by atoms with E-state index in [1.54, 1.807) is 0 Å². The molecule has 0 radical (unpaired) electrons. The molecular formula is C48H38N2. The molecule has 0 saturated heterocycles. The fraction of sp³-hybridized carbons (Fsp3) is 0.125. The Labute approximate surface area is 292 Å². The van der Waals surface area contributed by atoms with Crippen molar-refractivity contribution >= 4 is 77.4 Å². The van der Waals surface area contributed by atoms with Crippen molar-refractivity contribution in [3.63, 3.8) is 0 Å². The number of benzene rings is 6. The van der Waals surface area contributed by atoms with E-state index in [1.165, 1.54) is 105 Å². The van der Waals surface area contributed by atoms with Crippen LogP contribution in [0.4, 0.5) is 0 Å². The van der Waals surface area contributed by atoms with E-state index in [0.29, 0.717) is 0 Å². The van der Waals surface area contributed by atoms with Crippen LogP contribution in [0.3, 0.4) is 0 Å². The van der Waals surface area contributed by atoms with Gasteiger partial charge >= 0.3 is 0 Å². The van der Waals surface area contributed by atoms with Gasteiger partial charge in [0.1, 0.15) is 0 Å². The third kappa shape index (κ3) is 4.21. The third-order valence-electron chi connectivity index (χ3n) is 11.2. The van der Waals surface area contributed by atoms with E-state index in [9.17, 15) is 0 Å². The van der Waals surface area contributed by atoms with Crippen LogP contribution in [0.15, 0.2) is 127 Å². The van der Waals surface area contributed by atoms with Crippen LogP contribution in [0.5, 0.6) is 0 Å². The SMILES string of the molecule is C/C=C\C1=C(C)c2cccc3cc(-n4c5c(c6ccc7c8ccc9[nH]c%10c(c9c8ccc7c64)CCC=C%10)C=CCC5)cc1c23.c1ccccc1. The van der Waals surface area contributed by atoms with Crippen LogP contribution in [-0.2, 0) is 12.8 Å². The number of nitrogens with one attached hydrogen (secondary N) is 1. The first kappa shape index (κ1) is 29.1. The maximum atomic E-state index is 3.69. The molecule has 3 aliphatic rings. The lowest BCUT2D eigenvalue weighted by Crippen LogP contribution is -2.04. The molecular weight excluding hydrogens is 605 g/mol. The summed E-state index contributed by atoms with van der Waals surface area (Å²) >= 11 is 0. The van der Waals surface area contributed by atoms with Gasteiger partial charge < -0.3 is 9.55 Å². The maximum Gasteiger partial charge on any atom is 0.0616 e. The second-order valence-corrected chi connectivity index (χ2v) is 13.9. The van der Waals surface area contributed by atoms with Gasteiger partial charge in [0.25, 0.3) is 0 Å². The molecule has 1 N–H and O–H groups in total. The lowest BCUT2D eigenvalue weighted by molar-refractivity contribution is 0.890. The van der Waals surface area contributed by atoms with Crippen molar-refractivity contribution in [2.75, 3.05) is 0 Å². The topological polar surface area (TPSA) is 20.7 Å². The molecule has 0 spiro atoms. The quantitative estimate of drug-likeness (QED) is 0.181. The number of hydrogen-bond acceptors (Lipinski definition) is 0. The fourth-order valence-electron chi connectivity index (χ4n) is 9.01. The van der Waals surface area contributed by atoms with Gasteiger partial charge in [-0.2, -0.15) is 0 Å². The molecule has 50 heavy (non-hydrogen) atoms. The standard InChI is InChI=1S/C42H32N2.C6H6/c1-3-9-27-24(2)28-13-8-10-25-22-26(23-36(27)40(25)28)44-39-15-7-5-11-31(39)34-18-16-30-29-20-21-38-41(32(29)17-19-33(30)42(34)44)35-12-4-6-14-37(35)43-38;1-2-4-6-5-3-1/h3,5-6,8-11,13-14,16-23,43H,4,7,12,15H2,1-2H3;1-6H/b9-3-;. The number of H-pyrrole nitrogens is 1. The molecule has 240 valence electrons. The maximum absolute atomic E-state index is 3.69. The predicted molar refractivity (Wildman–Crippen MR) is 216 cm³/mol. The summed E-state index contributed by atoms with van der Waals surface area (Å²) in [5.74, 6) is 0. The number of rotatable bonds is 2. The van der Waals surface area contributed by atoms with E-state index in [-0.39, 0.29) is 0 Å². The second kappa shape index (κ2) is 11.4. The lowest BCUT2D eigenvalue weighted by atomic mass is 9.93. The van der Waals surface area contributed by atoms with Crippen molar-refractivity contribution < 1.29 is 0 Å². The molecule has 2 heteroatoms. The van der Waals surface area contributed by atoms with Crippen LogP contribution in [0.25, 0.3) is 83.1 Å². The summed E-state index contributed by atoms with van der Waals surface area (Å²) in [4.78, 5) is 3.69. The lowest BCUT2D eigenvalue weighted by Gasteiger charge is -2.17. The van der Waals surface area contributed by atoms with Gasteiger partial charge in [-0.15, -0.1) is 0 Å². The van der Waals surface area contributed by atoms with E-state index < -0.39 is 0 Å². The first-order valence-corrected chi connectivity index (χ1v) is 18.0. The van der Waals surface area contributed by atoms with Gasteiger partial charge in [-0.25, -0.2) is 0 Å². The van der Waals surface area contributed by atoms with Gasteiger partial charge in [0.15, 0.2) is 0 Å². The molecule has 6 aromatic carbocycles. The zero-order valence-electron chi connectivity index (χ0n) is 28.6. The largest absolute Gasteiger partial charge is 0.355 e.